The van der Waals surface area contributed by atoms with Crippen molar-refractivity contribution in [1.29, 1.82) is 0 Å². The van der Waals surface area contributed by atoms with Crippen molar-refractivity contribution in [2.75, 3.05) is 6.54 Å². The maximum absolute atomic E-state index is 11.0. The molecule has 0 saturated carbocycles. The lowest BCUT2D eigenvalue weighted by molar-refractivity contribution is -0.385. The Balaban J connectivity index is 3.08. The number of benzene rings is 1. The zero-order valence-electron chi connectivity index (χ0n) is 9.51. The molecular formula is C11H13ClN2O4. The number of nitro groups is 1. The number of halogens is 1. The van der Waals surface area contributed by atoms with Crippen molar-refractivity contribution in [2.24, 2.45) is 11.7 Å². The van der Waals surface area contributed by atoms with Crippen molar-refractivity contribution < 1.29 is 14.8 Å². The van der Waals surface area contributed by atoms with E-state index in [1.165, 1.54) is 18.2 Å². The monoisotopic (exact) mass is 272 g/mol. The van der Waals surface area contributed by atoms with Crippen molar-refractivity contribution in [3.8, 4) is 0 Å². The van der Waals surface area contributed by atoms with Crippen LogP contribution in [0, 0.1) is 16.0 Å². The molecule has 0 amide bonds. The third-order valence-electron chi connectivity index (χ3n) is 2.61. The molecule has 1 aromatic rings. The van der Waals surface area contributed by atoms with Gasteiger partial charge in [-0.25, -0.2) is 0 Å². The number of hydrogen-bond donors (Lipinski definition) is 2. The lowest BCUT2D eigenvalue weighted by Crippen LogP contribution is -2.20. The molecule has 0 bridgehead atoms. The number of carboxylic acids is 1. The lowest BCUT2D eigenvalue weighted by atomic mass is 9.95. The third-order valence-corrected chi connectivity index (χ3v) is 2.96. The van der Waals surface area contributed by atoms with E-state index in [-0.39, 0.29) is 35.7 Å². The van der Waals surface area contributed by atoms with Crippen LogP contribution in [-0.4, -0.2) is 22.5 Å². The summed E-state index contributed by atoms with van der Waals surface area (Å²) in [6, 6.07) is 4.27. The highest BCUT2D eigenvalue weighted by Crippen LogP contribution is 2.29. The third kappa shape index (κ3) is 3.41. The Morgan fingerprint density at radius 1 is 1.56 bits per heavy atom. The van der Waals surface area contributed by atoms with Gasteiger partial charge in [0.2, 0.25) is 0 Å². The summed E-state index contributed by atoms with van der Waals surface area (Å²) in [5.74, 6) is -1.80. The fraction of sp³-hybridized carbons (Fsp3) is 0.364. The van der Waals surface area contributed by atoms with Gasteiger partial charge in [0.15, 0.2) is 0 Å². The van der Waals surface area contributed by atoms with Gasteiger partial charge in [-0.2, -0.15) is 0 Å². The molecule has 0 aliphatic carbocycles. The van der Waals surface area contributed by atoms with Gasteiger partial charge in [-0.3, -0.25) is 14.9 Å². The molecule has 0 fully saturated rings. The maximum atomic E-state index is 11.0. The minimum atomic E-state index is -1.03. The largest absolute Gasteiger partial charge is 0.481 e. The van der Waals surface area contributed by atoms with E-state index in [2.05, 4.69) is 0 Å². The quantitative estimate of drug-likeness (QED) is 0.607. The first-order chi connectivity index (χ1) is 8.47. The number of hydrogen-bond acceptors (Lipinski definition) is 4. The van der Waals surface area contributed by atoms with E-state index >= 15 is 0 Å². The van der Waals surface area contributed by atoms with Crippen LogP contribution in [0.4, 0.5) is 5.69 Å². The van der Waals surface area contributed by atoms with Crippen LogP contribution in [0.25, 0.3) is 0 Å². The first kappa shape index (κ1) is 14.4. The van der Waals surface area contributed by atoms with Gasteiger partial charge in [0, 0.05) is 11.6 Å². The zero-order chi connectivity index (χ0) is 13.7. The van der Waals surface area contributed by atoms with E-state index < -0.39 is 16.8 Å². The molecule has 18 heavy (non-hydrogen) atoms. The Morgan fingerprint density at radius 2 is 2.22 bits per heavy atom. The zero-order valence-corrected chi connectivity index (χ0v) is 10.3. The fourth-order valence-corrected chi connectivity index (χ4v) is 1.93. The summed E-state index contributed by atoms with van der Waals surface area (Å²) in [5, 5.41) is 20.1. The Kier molecular flexibility index (Phi) is 5.06. The minimum Gasteiger partial charge on any atom is -0.481 e. The van der Waals surface area contributed by atoms with Crippen LogP contribution in [-0.2, 0) is 11.2 Å². The van der Waals surface area contributed by atoms with E-state index in [1.807, 2.05) is 0 Å². The second-order valence-electron chi connectivity index (χ2n) is 3.81. The van der Waals surface area contributed by atoms with Gasteiger partial charge in [0.05, 0.1) is 15.9 Å². The predicted octanol–water partition coefficient (Wildman–Crippen LogP) is 1.84. The predicted molar refractivity (Wildman–Crippen MR) is 66.6 cm³/mol. The number of carboxylic acid groups (broad SMARTS) is 1. The van der Waals surface area contributed by atoms with Crippen LogP contribution in [0.3, 0.4) is 0 Å². The van der Waals surface area contributed by atoms with Gasteiger partial charge in [-0.1, -0.05) is 17.7 Å². The maximum Gasteiger partial charge on any atom is 0.306 e. The lowest BCUT2D eigenvalue weighted by Gasteiger charge is -2.12. The van der Waals surface area contributed by atoms with Gasteiger partial charge < -0.3 is 10.8 Å². The van der Waals surface area contributed by atoms with E-state index in [4.69, 9.17) is 22.4 Å². The molecule has 0 saturated heterocycles. The molecule has 1 unspecified atom stereocenters. The normalized spacial score (nSPS) is 12.1. The number of nitro benzene ring substituents is 1. The Bertz CT molecular complexity index is 464. The van der Waals surface area contributed by atoms with E-state index in [0.717, 1.165) is 0 Å². The van der Waals surface area contributed by atoms with Crippen molar-refractivity contribution in [3.05, 3.63) is 38.9 Å². The van der Waals surface area contributed by atoms with Crippen LogP contribution >= 0.6 is 11.6 Å². The summed E-state index contributed by atoms with van der Waals surface area (Å²) in [6.07, 6.45) is 0.250. The van der Waals surface area contributed by atoms with Gasteiger partial charge in [0.1, 0.15) is 0 Å². The van der Waals surface area contributed by atoms with Crippen LogP contribution in [0.5, 0.6) is 0 Å². The SMILES string of the molecule is NCCC(Cc1c(Cl)cccc1[N+](=O)[O-])C(=O)O. The first-order valence-electron chi connectivity index (χ1n) is 5.32. The van der Waals surface area contributed by atoms with Crippen LogP contribution in [0.1, 0.15) is 12.0 Å². The minimum absolute atomic E-state index is 0.00250. The van der Waals surface area contributed by atoms with Gasteiger partial charge in [-0.15, -0.1) is 0 Å². The second kappa shape index (κ2) is 6.32. The van der Waals surface area contributed by atoms with Crippen molar-refractivity contribution in [3.63, 3.8) is 0 Å². The molecule has 0 spiro atoms. The summed E-state index contributed by atoms with van der Waals surface area (Å²) in [7, 11) is 0. The smallest absolute Gasteiger partial charge is 0.306 e. The van der Waals surface area contributed by atoms with Crippen LogP contribution in [0.15, 0.2) is 18.2 Å². The number of rotatable bonds is 6. The summed E-state index contributed by atoms with van der Waals surface area (Å²) < 4.78 is 0. The average Bonchev–Trinajstić information content (AvgIpc) is 2.30. The molecule has 0 aromatic heterocycles. The molecule has 6 nitrogen and oxygen atoms in total. The van der Waals surface area contributed by atoms with Gasteiger partial charge in [-0.05, 0) is 25.5 Å². The summed E-state index contributed by atoms with van der Waals surface area (Å²) >= 11 is 5.89. The number of aliphatic carboxylic acids is 1. The van der Waals surface area contributed by atoms with E-state index in [1.54, 1.807) is 0 Å². The van der Waals surface area contributed by atoms with E-state index in [0.29, 0.717) is 0 Å². The standard InChI is InChI=1S/C11H13ClN2O4/c12-9-2-1-3-10(14(17)18)8(9)6-7(4-5-13)11(15)16/h1-3,7H,4-6,13H2,(H,15,16). The van der Waals surface area contributed by atoms with Crippen molar-refractivity contribution in [1.82, 2.24) is 0 Å². The van der Waals surface area contributed by atoms with Crippen molar-refractivity contribution in [2.45, 2.75) is 12.8 Å². The molecule has 0 heterocycles. The molecular weight excluding hydrogens is 260 g/mol. The number of carbonyl (C=O) groups is 1. The Morgan fingerprint density at radius 3 is 2.72 bits per heavy atom. The number of nitrogens with two attached hydrogens (primary N) is 1. The molecule has 0 aliphatic rings. The molecule has 98 valence electrons. The highest BCUT2D eigenvalue weighted by atomic mass is 35.5. The summed E-state index contributed by atoms with van der Waals surface area (Å²) in [5.41, 5.74) is 5.41. The van der Waals surface area contributed by atoms with Crippen molar-refractivity contribution >= 4 is 23.3 Å². The topological polar surface area (TPSA) is 106 Å². The molecule has 1 rings (SSSR count). The molecule has 1 aromatic carbocycles. The van der Waals surface area contributed by atoms with Gasteiger partial charge >= 0.3 is 5.97 Å². The Labute approximate surface area is 109 Å². The highest BCUT2D eigenvalue weighted by Gasteiger charge is 2.24. The van der Waals surface area contributed by atoms with Gasteiger partial charge in [0.25, 0.3) is 5.69 Å². The second-order valence-corrected chi connectivity index (χ2v) is 4.22. The van der Waals surface area contributed by atoms with E-state index in [9.17, 15) is 14.9 Å². The molecule has 0 radical (unpaired) electrons. The van der Waals surface area contributed by atoms with Crippen LogP contribution in [0.2, 0.25) is 5.02 Å². The Hall–Kier alpha value is -1.66. The summed E-state index contributed by atoms with van der Waals surface area (Å²) in [6.45, 7) is 0.204. The molecule has 1 atom stereocenters. The number of nitrogens with zero attached hydrogens (tertiary/aromatic N) is 1. The molecule has 0 aliphatic heterocycles. The highest BCUT2D eigenvalue weighted by molar-refractivity contribution is 6.31. The summed E-state index contributed by atoms with van der Waals surface area (Å²) in [4.78, 5) is 21.3. The first-order valence-corrected chi connectivity index (χ1v) is 5.69. The molecule has 3 N–H and O–H groups in total. The van der Waals surface area contributed by atoms with Crippen LogP contribution < -0.4 is 5.73 Å². The molecule has 7 heteroatoms. The fourth-order valence-electron chi connectivity index (χ4n) is 1.68. The average molecular weight is 273 g/mol.